The van der Waals surface area contributed by atoms with Gasteiger partial charge in [-0.25, -0.2) is 9.97 Å². The van der Waals surface area contributed by atoms with Crippen molar-refractivity contribution in [3.63, 3.8) is 0 Å². The van der Waals surface area contributed by atoms with E-state index in [4.69, 9.17) is 16.6 Å². The largest absolute Gasteiger partial charge is 0.318 e. The van der Waals surface area contributed by atoms with Gasteiger partial charge in [-0.2, -0.15) is 0 Å². The molecule has 1 atom stereocenters. The molecular formula is C16H18ClN3S. The zero-order valence-corrected chi connectivity index (χ0v) is 14.0. The summed E-state index contributed by atoms with van der Waals surface area (Å²) in [6.07, 6.45) is 2.70. The van der Waals surface area contributed by atoms with Crippen LogP contribution in [0.25, 0.3) is 11.0 Å². The highest BCUT2D eigenvalue weighted by molar-refractivity contribution is 7.11. The summed E-state index contributed by atoms with van der Waals surface area (Å²) in [6, 6.07) is 6.58. The van der Waals surface area contributed by atoms with Crippen LogP contribution < -0.4 is 0 Å². The van der Waals surface area contributed by atoms with Gasteiger partial charge in [0, 0.05) is 23.4 Å². The maximum Gasteiger partial charge on any atom is 0.115 e. The maximum atomic E-state index is 5.96. The van der Waals surface area contributed by atoms with Crippen molar-refractivity contribution in [1.29, 1.82) is 0 Å². The van der Waals surface area contributed by atoms with Crippen LogP contribution in [0.1, 0.15) is 34.2 Å². The third-order valence-corrected chi connectivity index (χ3v) is 4.89. The van der Waals surface area contributed by atoms with Crippen LogP contribution in [0.2, 0.25) is 0 Å². The molecule has 110 valence electrons. The Bertz CT molecular complexity index is 775. The molecule has 3 rings (SSSR count). The quantitative estimate of drug-likeness (QED) is 0.663. The molecule has 21 heavy (non-hydrogen) atoms. The third-order valence-electron chi connectivity index (χ3n) is 3.62. The molecule has 0 fully saturated rings. The molecule has 3 aromatic rings. The number of hydrogen-bond donors (Lipinski definition) is 0. The Labute approximate surface area is 133 Å². The minimum atomic E-state index is 0.176. The summed E-state index contributed by atoms with van der Waals surface area (Å²) in [5, 5.41) is 1.11. The number of rotatable bonds is 4. The van der Waals surface area contributed by atoms with Gasteiger partial charge in [-0.15, -0.1) is 22.9 Å². The molecule has 0 aliphatic rings. The number of fused-ring (bicyclic) bond motifs is 1. The van der Waals surface area contributed by atoms with Crippen LogP contribution in [-0.2, 0) is 6.42 Å². The molecule has 0 radical (unpaired) electrons. The van der Waals surface area contributed by atoms with E-state index in [9.17, 15) is 0 Å². The predicted octanol–water partition coefficient (Wildman–Crippen LogP) is 4.50. The molecule has 2 heterocycles. The summed E-state index contributed by atoms with van der Waals surface area (Å²) in [5.74, 6) is 1.61. The van der Waals surface area contributed by atoms with E-state index in [1.807, 2.05) is 6.20 Å². The Kier molecular flexibility index (Phi) is 4.00. The highest BCUT2D eigenvalue weighted by atomic mass is 35.5. The van der Waals surface area contributed by atoms with Gasteiger partial charge in [0.2, 0.25) is 0 Å². The van der Waals surface area contributed by atoms with Gasteiger partial charge < -0.3 is 4.57 Å². The SMILES string of the molecule is Cc1ccc2c(c1)nc(CCCl)n2C(C)c1ncc(C)s1. The van der Waals surface area contributed by atoms with Gasteiger partial charge >= 0.3 is 0 Å². The first-order valence-electron chi connectivity index (χ1n) is 7.06. The van der Waals surface area contributed by atoms with Crippen LogP contribution in [0.3, 0.4) is 0 Å². The van der Waals surface area contributed by atoms with Crippen molar-refractivity contribution in [2.45, 2.75) is 33.2 Å². The number of imidazole rings is 1. The molecule has 0 spiro atoms. The first-order chi connectivity index (χ1) is 10.1. The molecule has 0 amide bonds. The molecule has 2 aromatic heterocycles. The fourth-order valence-corrected chi connectivity index (χ4v) is 3.61. The van der Waals surface area contributed by atoms with Gasteiger partial charge in [-0.05, 0) is 38.5 Å². The molecule has 0 N–H and O–H groups in total. The molecule has 0 aliphatic carbocycles. The summed E-state index contributed by atoms with van der Waals surface area (Å²) in [6.45, 7) is 6.35. The number of benzene rings is 1. The number of aromatic nitrogens is 3. The van der Waals surface area contributed by atoms with Crippen LogP contribution in [0, 0.1) is 13.8 Å². The van der Waals surface area contributed by atoms with E-state index in [0.717, 1.165) is 28.3 Å². The standard InChI is InChI=1S/C16H18ClN3S/c1-10-4-5-14-13(8-10)19-15(6-7-17)20(14)12(3)16-18-9-11(2)21-16/h4-5,8-9,12H,6-7H2,1-3H3. The van der Waals surface area contributed by atoms with Gasteiger partial charge in [0.05, 0.1) is 17.1 Å². The number of hydrogen-bond acceptors (Lipinski definition) is 3. The van der Waals surface area contributed by atoms with Gasteiger partial charge in [0.25, 0.3) is 0 Å². The smallest absolute Gasteiger partial charge is 0.115 e. The minimum Gasteiger partial charge on any atom is -0.318 e. The minimum absolute atomic E-state index is 0.176. The van der Waals surface area contributed by atoms with Crippen molar-refractivity contribution < 1.29 is 0 Å². The molecule has 0 saturated carbocycles. The van der Waals surface area contributed by atoms with E-state index >= 15 is 0 Å². The second-order valence-corrected chi connectivity index (χ2v) is 6.96. The topological polar surface area (TPSA) is 30.7 Å². The van der Waals surface area contributed by atoms with Crippen molar-refractivity contribution in [2.75, 3.05) is 5.88 Å². The predicted molar refractivity (Wildman–Crippen MR) is 89.6 cm³/mol. The van der Waals surface area contributed by atoms with Crippen molar-refractivity contribution in [1.82, 2.24) is 14.5 Å². The van der Waals surface area contributed by atoms with E-state index in [1.165, 1.54) is 10.4 Å². The molecule has 0 saturated heterocycles. The summed E-state index contributed by atoms with van der Waals surface area (Å²) in [5.41, 5.74) is 3.42. The van der Waals surface area contributed by atoms with Crippen molar-refractivity contribution in [2.24, 2.45) is 0 Å². The average Bonchev–Trinajstić information content (AvgIpc) is 3.01. The molecule has 1 unspecified atom stereocenters. The third kappa shape index (κ3) is 2.70. The molecular weight excluding hydrogens is 302 g/mol. The number of thiazole rings is 1. The Balaban J connectivity index is 2.16. The van der Waals surface area contributed by atoms with Gasteiger partial charge in [-0.3, -0.25) is 0 Å². The lowest BCUT2D eigenvalue weighted by molar-refractivity contribution is 0.620. The lowest BCUT2D eigenvalue weighted by Crippen LogP contribution is -2.11. The normalized spacial score (nSPS) is 13.0. The first-order valence-corrected chi connectivity index (χ1v) is 8.41. The lowest BCUT2D eigenvalue weighted by Gasteiger charge is -2.15. The number of alkyl halides is 1. The van der Waals surface area contributed by atoms with E-state index in [2.05, 4.69) is 48.5 Å². The Hall–Kier alpha value is -1.39. The highest BCUT2D eigenvalue weighted by Gasteiger charge is 2.19. The van der Waals surface area contributed by atoms with E-state index in [1.54, 1.807) is 11.3 Å². The van der Waals surface area contributed by atoms with Crippen molar-refractivity contribution in [3.8, 4) is 0 Å². The zero-order chi connectivity index (χ0) is 15.0. The molecule has 5 heteroatoms. The van der Waals surface area contributed by atoms with E-state index < -0.39 is 0 Å². The number of nitrogens with zero attached hydrogens (tertiary/aromatic N) is 3. The van der Waals surface area contributed by atoms with Crippen LogP contribution in [0.4, 0.5) is 0 Å². The summed E-state index contributed by atoms with van der Waals surface area (Å²) < 4.78 is 2.27. The fraction of sp³-hybridized carbons (Fsp3) is 0.375. The van der Waals surface area contributed by atoms with Gasteiger partial charge in [0.1, 0.15) is 10.8 Å². The first kappa shape index (κ1) is 14.5. The van der Waals surface area contributed by atoms with Gasteiger partial charge in [0.15, 0.2) is 0 Å². The van der Waals surface area contributed by atoms with E-state index in [-0.39, 0.29) is 6.04 Å². The van der Waals surface area contributed by atoms with Crippen LogP contribution in [0.15, 0.2) is 24.4 Å². The van der Waals surface area contributed by atoms with Crippen molar-refractivity contribution >= 4 is 34.0 Å². The van der Waals surface area contributed by atoms with Crippen LogP contribution >= 0.6 is 22.9 Å². The van der Waals surface area contributed by atoms with Crippen molar-refractivity contribution in [3.05, 3.63) is 45.7 Å². The average molecular weight is 320 g/mol. The Morgan fingerprint density at radius 3 is 2.81 bits per heavy atom. The second kappa shape index (κ2) is 5.78. The maximum absolute atomic E-state index is 5.96. The second-order valence-electron chi connectivity index (χ2n) is 5.31. The molecule has 0 bridgehead atoms. The zero-order valence-electron chi connectivity index (χ0n) is 12.4. The number of aryl methyl sites for hydroxylation is 3. The monoisotopic (exact) mass is 319 g/mol. The highest BCUT2D eigenvalue weighted by Crippen LogP contribution is 2.29. The number of halogens is 1. The molecule has 1 aromatic carbocycles. The Morgan fingerprint density at radius 2 is 2.14 bits per heavy atom. The van der Waals surface area contributed by atoms with E-state index in [0.29, 0.717) is 5.88 Å². The van der Waals surface area contributed by atoms with Gasteiger partial charge in [-0.1, -0.05) is 6.07 Å². The lowest BCUT2D eigenvalue weighted by atomic mass is 10.2. The summed E-state index contributed by atoms with van der Waals surface area (Å²) in [4.78, 5) is 10.5. The van der Waals surface area contributed by atoms with Crippen LogP contribution in [-0.4, -0.2) is 20.4 Å². The Morgan fingerprint density at radius 1 is 1.33 bits per heavy atom. The summed E-state index contributed by atoms with van der Waals surface area (Å²) in [7, 11) is 0. The fourth-order valence-electron chi connectivity index (χ4n) is 2.63. The molecule has 0 aliphatic heterocycles. The van der Waals surface area contributed by atoms with Crippen LogP contribution in [0.5, 0.6) is 0 Å². The summed E-state index contributed by atoms with van der Waals surface area (Å²) >= 11 is 7.70. The molecule has 3 nitrogen and oxygen atoms in total.